The van der Waals surface area contributed by atoms with Gasteiger partial charge in [0, 0.05) is 5.56 Å². The summed E-state index contributed by atoms with van der Waals surface area (Å²) in [5, 5.41) is 13.8. The molecule has 0 amide bonds. The first-order chi connectivity index (χ1) is 8.35. The maximum absolute atomic E-state index is 3.90. The minimum absolute atomic E-state index is 0.668. The van der Waals surface area contributed by atoms with E-state index in [1.54, 1.807) is 0 Å². The van der Waals surface area contributed by atoms with Crippen molar-refractivity contribution in [2.24, 2.45) is 0 Å². The second-order valence-electron chi connectivity index (χ2n) is 4.27. The van der Waals surface area contributed by atoms with Crippen molar-refractivity contribution >= 4 is 0 Å². The zero-order valence-electron chi connectivity index (χ0n) is 10.3. The van der Waals surface area contributed by atoms with Crippen molar-refractivity contribution in [1.82, 2.24) is 20.6 Å². The molecule has 1 heterocycles. The third-order valence-electron chi connectivity index (χ3n) is 3.13. The lowest BCUT2D eigenvalue weighted by atomic mass is 9.91. The quantitative estimate of drug-likeness (QED) is 0.858. The zero-order valence-corrected chi connectivity index (χ0v) is 10.3. The lowest BCUT2D eigenvalue weighted by molar-refractivity contribution is 0.596. The van der Waals surface area contributed by atoms with E-state index in [1.807, 2.05) is 0 Å². The van der Waals surface area contributed by atoms with Gasteiger partial charge in [0.2, 0.25) is 0 Å². The SMILES string of the molecule is CCCC(CC)c1ccc(-c2nnn[nH]2)cc1. The fourth-order valence-corrected chi connectivity index (χ4v) is 2.15. The van der Waals surface area contributed by atoms with Crippen LogP contribution < -0.4 is 0 Å². The van der Waals surface area contributed by atoms with Crippen LogP contribution in [0.25, 0.3) is 11.4 Å². The Bertz CT molecular complexity index is 433. The third-order valence-corrected chi connectivity index (χ3v) is 3.13. The minimum atomic E-state index is 0.668. The van der Waals surface area contributed by atoms with Crippen LogP contribution in [-0.4, -0.2) is 20.6 Å². The smallest absolute Gasteiger partial charge is 0.179 e. The maximum atomic E-state index is 3.90. The highest BCUT2D eigenvalue weighted by molar-refractivity contribution is 5.54. The first kappa shape index (κ1) is 11.8. The first-order valence-electron chi connectivity index (χ1n) is 6.19. The van der Waals surface area contributed by atoms with Crippen LogP contribution in [0.4, 0.5) is 0 Å². The van der Waals surface area contributed by atoms with Gasteiger partial charge in [0.15, 0.2) is 5.82 Å². The first-order valence-corrected chi connectivity index (χ1v) is 6.19. The summed E-state index contributed by atoms with van der Waals surface area (Å²) in [5.74, 6) is 1.39. The predicted molar refractivity (Wildman–Crippen MR) is 67.6 cm³/mol. The fraction of sp³-hybridized carbons (Fsp3) is 0.462. The predicted octanol–water partition coefficient (Wildman–Crippen LogP) is 3.16. The molecule has 0 aliphatic carbocycles. The summed E-state index contributed by atoms with van der Waals surface area (Å²) in [4.78, 5) is 0. The second-order valence-corrected chi connectivity index (χ2v) is 4.27. The van der Waals surface area contributed by atoms with Gasteiger partial charge >= 0.3 is 0 Å². The van der Waals surface area contributed by atoms with Gasteiger partial charge in [0.1, 0.15) is 0 Å². The van der Waals surface area contributed by atoms with Gasteiger partial charge in [-0.3, -0.25) is 0 Å². The van der Waals surface area contributed by atoms with Crippen LogP contribution in [0.15, 0.2) is 24.3 Å². The standard InChI is InChI=1S/C13H18N4/c1-3-5-10(4-2)11-6-8-12(9-7-11)13-14-16-17-15-13/h6-10H,3-5H2,1-2H3,(H,14,15,16,17). The van der Waals surface area contributed by atoms with Crippen molar-refractivity contribution in [3.8, 4) is 11.4 Å². The average Bonchev–Trinajstić information content (AvgIpc) is 2.90. The Morgan fingerprint density at radius 3 is 2.47 bits per heavy atom. The summed E-state index contributed by atoms with van der Waals surface area (Å²) >= 11 is 0. The highest BCUT2D eigenvalue weighted by atomic mass is 15.5. The van der Waals surface area contributed by atoms with Gasteiger partial charge in [-0.2, -0.15) is 0 Å². The Hall–Kier alpha value is -1.71. The number of hydrogen-bond donors (Lipinski definition) is 1. The van der Waals surface area contributed by atoms with Crippen molar-refractivity contribution < 1.29 is 0 Å². The molecule has 90 valence electrons. The number of hydrogen-bond acceptors (Lipinski definition) is 3. The molecule has 4 nitrogen and oxygen atoms in total. The molecular weight excluding hydrogens is 212 g/mol. The average molecular weight is 230 g/mol. The van der Waals surface area contributed by atoms with E-state index in [9.17, 15) is 0 Å². The molecular formula is C13H18N4. The number of nitrogens with zero attached hydrogens (tertiary/aromatic N) is 3. The molecule has 0 saturated heterocycles. The van der Waals surface area contributed by atoms with Crippen LogP contribution in [0.1, 0.15) is 44.6 Å². The molecule has 1 aromatic carbocycles. The molecule has 4 heteroatoms. The third kappa shape index (κ3) is 2.70. The van der Waals surface area contributed by atoms with Gasteiger partial charge in [0.05, 0.1) is 0 Å². The van der Waals surface area contributed by atoms with E-state index >= 15 is 0 Å². The highest BCUT2D eigenvalue weighted by Crippen LogP contribution is 2.26. The number of nitrogens with one attached hydrogen (secondary N) is 1. The van der Waals surface area contributed by atoms with E-state index in [0.29, 0.717) is 5.92 Å². The summed E-state index contributed by atoms with van der Waals surface area (Å²) in [7, 11) is 0. The number of H-pyrrole nitrogens is 1. The summed E-state index contributed by atoms with van der Waals surface area (Å²) in [5.41, 5.74) is 2.44. The molecule has 17 heavy (non-hydrogen) atoms. The Balaban J connectivity index is 2.17. The number of aromatic nitrogens is 4. The van der Waals surface area contributed by atoms with E-state index < -0.39 is 0 Å². The summed E-state index contributed by atoms with van der Waals surface area (Å²) in [6, 6.07) is 8.52. The van der Waals surface area contributed by atoms with Gasteiger partial charge < -0.3 is 0 Å². The molecule has 0 aliphatic heterocycles. The normalized spacial score (nSPS) is 12.6. The number of benzene rings is 1. The number of tetrazole rings is 1. The summed E-state index contributed by atoms with van der Waals surface area (Å²) in [6.07, 6.45) is 3.67. The second kappa shape index (κ2) is 5.57. The van der Waals surface area contributed by atoms with E-state index in [4.69, 9.17) is 0 Å². The molecule has 1 N–H and O–H groups in total. The van der Waals surface area contributed by atoms with Gasteiger partial charge in [-0.25, -0.2) is 5.10 Å². The lowest BCUT2D eigenvalue weighted by Gasteiger charge is -2.14. The molecule has 1 unspecified atom stereocenters. The molecule has 0 saturated carbocycles. The molecule has 0 aliphatic rings. The van der Waals surface area contributed by atoms with E-state index in [0.717, 1.165) is 11.4 Å². The Kier molecular flexibility index (Phi) is 3.85. The molecule has 0 fully saturated rings. The topological polar surface area (TPSA) is 54.5 Å². The van der Waals surface area contributed by atoms with Gasteiger partial charge in [-0.05, 0) is 34.7 Å². The molecule has 2 rings (SSSR count). The Morgan fingerprint density at radius 2 is 1.94 bits per heavy atom. The van der Waals surface area contributed by atoms with Gasteiger partial charge in [0.25, 0.3) is 0 Å². The molecule has 1 aromatic heterocycles. The Labute approximate surface area is 101 Å². The molecule has 0 bridgehead atoms. The van der Waals surface area contributed by atoms with Crippen molar-refractivity contribution in [3.05, 3.63) is 29.8 Å². The minimum Gasteiger partial charge on any atom is -0.239 e. The molecule has 1 atom stereocenters. The highest BCUT2D eigenvalue weighted by Gasteiger charge is 2.09. The van der Waals surface area contributed by atoms with Crippen LogP contribution in [0, 0.1) is 0 Å². The van der Waals surface area contributed by atoms with Crippen LogP contribution in [-0.2, 0) is 0 Å². The molecule has 2 aromatic rings. The van der Waals surface area contributed by atoms with Crippen molar-refractivity contribution in [1.29, 1.82) is 0 Å². The lowest BCUT2D eigenvalue weighted by Crippen LogP contribution is -1.96. The summed E-state index contributed by atoms with van der Waals surface area (Å²) in [6.45, 7) is 4.48. The monoisotopic (exact) mass is 230 g/mol. The van der Waals surface area contributed by atoms with Crippen molar-refractivity contribution in [2.45, 2.75) is 39.0 Å². The molecule has 0 spiro atoms. The molecule has 0 radical (unpaired) electrons. The van der Waals surface area contributed by atoms with Crippen LogP contribution in [0.3, 0.4) is 0 Å². The maximum Gasteiger partial charge on any atom is 0.179 e. The van der Waals surface area contributed by atoms with Crippen LogP contribution >= 0.6 is 0 Å². The van der Waals surface area contributed by atoms with Gasteiger partial charge in [-0.15, -0.1) is 5.10 Å². The Morgan fingerprint density at radius 1 is 1.18 bits per heavy atom. The van der Waals surface area contributed by atoms with E-state index in [2.05, 4.69) is 58.7 Å². The van der Waals surface area contributed by atoms with Crippen LogP contribution in [0.5, 0.6) is 0 Å². The largest absolute Gasteiger partial charge is 0.239 e. The van der Waals surface area contributed by atoms with E-state index in [-0.39, 0.29) is 0 Å². The summed E-state index contributed by atoms with van der Waals surface area (Å²) < 4.78 is 0. The van der Waals surface area contributed by atoms with Crippen molar-refractivity contribution in [2.75, 3.05) is 0 Å². The fourth-order valence-electron chi connectivity index (χ4n) is 2.15. The number of rotatable bonds is 5. The van der Waals surface area contributed by atoms with Crippen LogP contribution in [0.2, 0.25) is 0 Å². The zero-order chi connectivity index (χ0) is 12.1. The van der Waals surface area contributed by atoms with E-state index in [1.165, 1.54) is 24.8 Å². The number of aromatic amines is 1. The van der Waals surface area contributed by atoms with Crippen molar-refractivity contribution in [3.63, 3.8) is 0 Å². The van der Waals surface area contributed by atoms with Gasteiger partial charge in [-0.1, -0.05) is 44.5 Å².